The van der Waals surface area contributed by atoms with Gasteiger partial charge in [0.15, 0.2) is 0 Å². The fourth-order valence-electron chi connectivity index (χ4n) is 11.0. The molecule has 8 fully saturated rings. The van der Waals surface area contributed by atoms with Gasteiger partial charge in [-0.2, -0.15) is 0 Å². The van der Waals surface area contributed by atoms with Crippen molar-refractivity contribution in [3.05, 3.63) is 0 Å². The van der Waals surface area contributed by atoms with Crippen molar-refractivity contribution in [3.8, 4) is 0 Å². The van der Waals surface area contributed by atoms with Crippen LogP contribution in [0.1, 0.15) is 91.9 Å². The zero-order chi connectivity index (χ0) is 25.9. The van der Waals surface area contributed by atoms with Gasteiger partial charge in [0.2, 0.25) is 0 Å². The number of hydrogen-bond donors (Lipinski definition) is 0. The Morgan fingerprint density at radius 3 is 2.24 bits per heavy atom. The summed E-state index contributed by atoms with van der Waals surface area (Å²) in [6.07, 6.45) is 11.8. The fraction of sp³-hybridized carbons (Fsp3) is 0.903. The van der Waals surface area contributed by atoms with E-state index in [2.05, 4.69) is 6.92 Å². The van der Waals surface area contributed by atoms with E-state index in [1.807, 2.05) is 6.92 Å². The first-order valence-corrected chi connectivity index (χ1v) is 15.2. The predicted octanol–water partition coefficient (Wildman–Crippen LogP) is 5.32. The SMILES string of the molecule is CC(OC1CC2CC1C1CCCC21)C1C(=O)OC(=O)C1C(C)(C)C(=O)OC1(C)C2CC3CC(C2)CC1C3. The minimum absolute atomic E-state index is 0.144. The van der Waals surface area contributed by atoms with Crippen LogP contribution in [0.5, 0.6) is 0 Å². The van der Waals surface area contributed by atoms with Gasteiger partial charge in [-0.25, -0.2) is 0 Å². The van der Waals surface area contributed by atoms with Crippen molar-refractivity contribution in [1.29, 1.82) is 0 Å². The van der Waals surface area contributed by atoms with Crippen LogP contribution in [-0.4, -0.2) is 35.7 Å². The first-order valence-electron chi connectivity index (χ1n) is 15.2. The summed E-state index contributed by atoms with van der Waals surface area (Å²) in [5.74, 6) is 2.10. The summed E-state index contributed by atoms with van der Waals surface area (Å²) < 4.78 is 18.2. The van der Waals surface area contributed by atoms with Crippen LogP contribution < -0.4 is 0 Å². The van der Waals surface area contributed by atoms with Gasteiger partial charge >= 0.3 is 17.9 Å². The van der Waals surface area contributed by atoms with Gasteiger partial charge in [0.1, 0.15) is 5.60 Å². The van der Waals surface area contributed by atoms with Crippen LogP contribution in [0.2, 0.25) is 0 Å². The lowest BCUT2D eigenvalue weighted by molar-refractivity contribution is -0.214. The maximum Gasteiger partial charge on any atom is 0.320 e. The highest BCUT2D eigenvalue weighted by atomic mass is 16.6. The smallest absolute Gasteiger partial charge is 0.320 e. The summed E-state index contributed by atoms with van der Waals surface area (Å²) in [5.41, 5.74) is -1.65. The van der Waals surface area contributed by atoms with Crippen molar-refractivity contribution in [2.75, 3.05) is 0 Å². The summed E-state index contributed by atoms with van der Waals surface area (Å²) >= 11 is 0. The summed E-state index contributed by atoms with van der Waals surface area (Å²) in [6.45, 7) is 7.55. The second-order valence-electron chi connectivity index (χ2n) is 14.9. The highest BCUT2D eigenvalue weighted by molar-refractivity contribution is 6.00. The molecule has 1 saturated heterocycles. The third-order valence-corrected chi connectivity index (χ3v) is 12.7. The van der Waals surface area contributed by atoms with Crippen LogP contribution in [0.3, 0.4) is 0 Å². The molecule has 8 unspecified atom stereocenters. The molecule has 6 heteroatoms. The van der Waals surface area contributed by atoms with Crippen LogP contribution >= 0.6 is 0 Å². The van der Waals surface area contributed by atoms with E-state index in [1.54, 1.807) is 13.8 Å². The Labute approximate surface area is 220 Å². The summed E-state index contributed by atoms with van der Waals surface area (Å²) in [6, 6.07) is 0. The lowest BCUT2D eigenvalue weighted by atomic mass is 9.50. The highest BCUT2D eigenvalue weighted by Gasteiger charge is 2.62. The first-order chi connectivity index (χ1) is 17.6. The minimum Gasteiger partial charge on any atom is -0.458 e. The number of rotatable bonds is 6. The number of ether oxygens (including phenoxy) is 3. The number of fused-ring (bicyclic) bond motifs is 5. The summed E-state index contributed by atoms with van der Waals surface area (Å²) in [7, 11) is 0. The van der Waals surface area contributed by atoms with E-state index in [1.165, 1.54) is 32.1 Å². The lowest BCUT2D eigenvalue weighted by Gasteiger charge is -2.59. The molecule has 0 aromatic rings. The van der Waals surface area contributed by atoms with Gasteiger partial charge in [-0.1, -0.05) is 6.42 Å². The van der Waals surface area contributed by atoms with Gasteiger partial charge in [0.05, 0.1) is 29.5 Å². The van der Waals surface area contributed by atoms with Gasteiger partial charge in [-0.05, 0) is 133 Å². The van der Waals surface area contributed by atoms with Gasteiger partial charge in [-0.3, -0.25) is 14.4 Å². The maximum atomic E-state index is 13.9. The zero-order valence-electron chi connectivity index (χ0n) is 22.9. The van der Waals surface area contributed by atoms with Crippen LogP contribution in [0, 0.1) is 64.6 Å². The third kappa shape index (κ3) is 3.55. The highest BCUT2D eigenvalue weighted by Crippen LogP contribution is 2.61. The van der Waals surface area contributed by atoms with Crippen LogP contribution in [0.4, 0.5) is 0 Å². The van der Waals surface area contributed by atoms with E-state index in [9.17, 15) is 14.4 Å². The molecule has 0 aromatic heterocycles. The third-order valence-electron chi connectivity index (χ3n) is 12.7. The van der Waals surface area contributed by atoms with Crippen LogP contribution in [0.25, 0.3) is 0 Å². The fourth-order valence-corrected chi connectivity index (χ4v) is 11.0. The number of hydrogen-bond acceptors (Lipinski definition) is 6. The van der Waals surface area contributed by atoms with Gasteiger partial charge in [0.25, 0.3) is 0 Å². The van der Waals surface area contributed by atoms with Crippen molar-refractivity contribution >= 4 is 17.9 Å². The standard InChI is InChI=1S/C31H44O6/c1-15(35-24-14-18-13-23(24)22-7-5-6-21(18)22)25-26(28(33)36-27(25)32)30(2,3)29(34)37-31(4)19-9-16-8-17(11-19)12-20(31)10-16/h15-26H,5-14H2,1-4H3. The number of cyclic esters (lactones) is 2. The molecule has 37 heavy (non-hydrogen) atoms. The maximum absolute atomic E-state index is 13.9. The Balaban J connectivity index is 1.08. The Kier molecular flexibility index (Phi) is 5.51. The minimum atomic E-state index is -1.17. The molecule has 1 aliphatic heterocycles. The summed E-state index contributed by atoms with van der Waals surface area (Å²) in [4.78, 5) is 39.9. The van der Waals surface area contributed by atoms with E-state index in [4.69, 9.17) is 14.2 Å². The van der Waals surface area contributed by atoms with Crippen LogP contribution in [0.15, 0.2) is 0 Å². The Bertz CT molecular complexity index is 972. The Morgan fingerprint density at radius 2 is 1.57 bits per heavy atom. The molecule has 0 radical (unpaired) electrons. The molecule has 0 spiro atoms. The molecule has 0 N–H and O–H groups in total. The zero-order valence-corrected chi connectivity index (χ0v) is 22.9. The van der Waals surface area contributed by atoms with Crippen molar-refractivity contribution in [3.63, 3.8) is 0 Å². The molecule has 8 aliphatic rings. The molecule has 7 aliphatic carbocycles. The Hall–Kier alpha value is -1.43. The molecular formula is C31H44O6. The molecule has 6 nitrogen and oxygen atoms in total. The van der Waals surface area contributed by atoms with Gasteiger partial charge < -0.3 is 14.2 Å². The van der Waals surface area contributed by atoms with E-state index < -0.39 is 40.9 Å². The molecule has 8 atom stereocenters. The average molecular weight is 513 g/mol. The molecule has 7 saturated carbocycles. The van der Waals surface area contributed by atoms with Crippen LogP contribution in [-0.2, 0) is 28.6 Å². The van der Waals surface area contributed by atoms with E-state index in [0.29, 0.717) is 17.8 Å². The van der Waals surface area contributed by atoms with Crippen molar-refractivity contribution < 1.29 is 28.6 Å². The van der Waals surface area contributed by atoms with E-state index >= 15 is 0 Å². The quantitative estimate of drug-likeness (QED) is 0.354. The van der Waals surface area contributed by atoms with Gasteiger partial charge in [0, 0.05) is 0 Å². The average Bonchev–Trinajstić information content (AvgIpc) is 3.58. The Morgan fingerprint density at radius 1 is 0.919 bits per heavy atom. The molecule has 8 rings (SSSR count). The molecule has 1 heterocycles. The second kappa shape index (κ2) is 8.29. The summed E-state index contributed by atoms with van der Waals surface area (Å²) in [5, 5.41) is 0. The lowest BCUT2D eigenvalue weighted by Crippen LogP contribution is -2.59. The molecule has 204 valence electrons. The topological polar surface area (TPSA) is 78.9 Å². The normalized spacial score (nSPS) is 50.4. The number of carbonyl (C=O) groups excluding carboxylic acids is 3. The molecule has 0 amide bonds. The number of esters is 3. The monoisotopic (exact) mass is 512 g/mol. The number of carbonyl (C=O) groups is 3. The van der Waals surface area contributed by atoms with Crippen molar-refractivity contribution in [2.45, 2.75) is 110 Å². The van der Waals surface area contributed by atoms with Gasteiger partial charge in [-0.15, -0.1) is 0 Å². The molecular weight excluding hydrogens is 468 g/mol. The van der Waals surface area contributed by atoms with E-state index in [0.717, 1.165) is 61.7 Å². The van der Waals surface area contributed by atoms with Crippen molar-refractivity contribution in [1.82, 2.24) is 0 Å². The van der Waals surface area contributed by atoms with Crippen molar-refractivity contribution in [2.24, 2.45) is 64.6 Å². The second-order valence-corrected chi connectivity index (χ2v) is 14.9. The predicted molar refractivity (Wildman–Crippen MR) is 135 cm³/mol. The molecule has 0 aromatic carbocycles. The first kappa shape index (κ1) is 24.6. The molecule has 6 bridgehead atoms. The largest absolute Gasteiger partial charge is 0.458 e. The van der Waals surface area contributed by atoms with E-state index in [-0.39, 0.29) is 12.1 Å².